The monoisotopic (exact) mass is 248 g/mol. The number of aliphatic hydroxyl groups is 2. The van der Waals surface area contributed by atoms with E-state index in [1.807, 2.05) is 13.8 Å². The first-order chi connectivity index (χ1) is 8.03. The van der Waals surface area contributed by atoms with E-state index in [1.165, 1.54) is 0 Å². The van der Waals surface area contributed by atoms with Crippen LogP contribution >= 0.6 is 0 Å². The highest BCUT2D eigenvalue weighted by atomic mass is 16.5. The van der Waals surface area contributed by atoms with Gasteiger partial charge in [-0.05, 0) is 13.3 Å². The molecule has 1 atom stereocenters. The average molecular weight is 248 g/mol. The van der Waals surface area contributed by atoms with Crippen molar-refractivity contribution in [3.05, 3.63) is 0 Å². The molecule has 0 rings (SSSR count). The number of methoxy groups -OCH3 is 1. The van der Waals surface area contributed by atoms with Gasteiger partial charge in [-0.3, -0.25) is 10.1 Å². The van der Waals surface area contributed by atoms with Crippen LogP contribution in [0.4, 0.5) is 0 Å². The number of nitrogens with one attached hydrogen (secondary N) is 2. The van der Waals surface area contributed by atoms with Crippen molar-refractivity contribution in [2.24, 2.45) is 0 Å². The van der Waals surface area contributed by atoms with Gasteiger partial charge in [-0.25, -0.2) is 0 Å². The molecule has 102 valence electrons. The molecule has 0 saturated heterocycles. The Labute approximate surface area is 102 Å². The van der Waals surface area contributed by atoms with Gasteiger partial charge in [-0.1, -0.05) is 6.92 Å². The third-order valence-corrected chi connectivity index (χ3v) is 2.73. The highest BCUT2D eigenvalue weighted by Gasteiger charge is 2.26. The van der Waals surface area contributed by atoms with Crippen LogP contribution in [0, 0.1) is 0 Å². The lowest BCUT2D eigenvalue weighted by Crippen LogP contribution is -2.54. The lowest BCUT2D eigenvalue weighted by atomic mass is 9.98. The number of ether oxygens (including phenoxy) is 1. The Morgan fingerprint density at radius 1 is 1.41 bits per heavy atom. The van der Waals surface area contributed by atoms with E-state index in [4.69, 9.17) is 4.74 Å². The first-order valence-corrected chi connectivity index (χ1v) is 5.78. The van der Waals surface area contributed by atoms with Gasteiger partial charge in [0, 0.05) is 13.2 Å². The van der Waals surface area contributed by atoms with Crippen LogP contribution in [-0.2, 0) is 9.53 Å². The molecule has 0 aliphatic heterocycles. The van der Waals surface area contributed by atoms with Crippen LogP contribution in [0.5, 0.6) is 0 Å². The third-order valence-electron chi connectivity index (χ3n) is 2.73. The fourth-order valence-corrected chi connectivity index (χ4v) is 1.40. The maximum Gasteiger partial charge on any atom is 0.234 e. The van der Waals surface area contributed by atoms with E-state index >= 15 is 0 Å². The number of carbonyl (C=O) groups excluding carboxylic acids is 1. The lowest BCUT2D eigenvalue weighted by Gasteiger charge is -2.29. The van der Waals surface area contributed by atoms with Crippen LogP contribution in [0.2, 0.25) is 0 Å². The second-order valence-corrected chi connectivity index (χ2v) is 4.23. The summed E-state index contributed by atoms with van der Waals surface area (Å²) in [7, 11) is 1.57. The van der Waals surface area contributed by atoms with Crippen LogP contribution in [0.3, 0.4) is 0 Å². The Hall–Kier alpha value is -0.690. The van der Waals surface area contributed by atoms with Crippen LogP contribution in [-0.4, -0.2) is 61.2 Å². The molecular formula is C11H24N2O4. The van der Waals surface area contributed by atoms with Crippen molar-refractivity contribution in [1.82, 2.24) is 10.6 Å². The third kappa shape index (κ3) is 5.97. The van der Waals surface area contributed by atoms with Gasteiger partial charge in [-0.2, -0.15) is 0 Å². The van der Waals surface area contributed by atoms with Crippen molar-refractivity contribution in [2.75, 3.05) is 33.5 Å². The fourth-order valence-electron chi connectivity index (χ4n) is 1.40. The lowest BCUT2D eigenvalue weighted by molar-refractivity contribution is -0.121. The SMILES string of the molecule is CCC(CO)(CO)NCC(=O)NC(C)COC. The highest BCUT2D eigenvalue weighted by Crippen LogP contribution is 2.07. The molecular weight excluding hydrogens is 224 g/mol. The number of amides is 1. The second kappa shape index (κ2) is 8.41. The minimum Gasteiger partial charge on any atom is -0.394 e. The van der Waals surface area contributed by atoms with E-state index in [2.05, 4.69) is 10.6 Å². The van der Waals surface area contributed by atoms with Crippen molar-refractivity contribution in [2.45, 2.75) is 31.8 Å². The molecule has 1 amide bonds. The molecule has 0 aliphatic rings. The predicted octanol–water partition coefficient (Wildman–Crippen LogP) is -1.14. The minimum atomic E-state index is -0.790. The molecule has 0 bridgehead atoms. The van der Waals surface area contributed by atoms with E-state index in [9.17, 15) is 15.0 Å². The van der Waals surface area contributed by atoms with Crippen molar-refractivity contribution in [1.29, 1.82) is 0 Å². The Bertz CT molecular complexity index is 211. The quantitative estimate of drug-likeness (QED) is 0.414. The molecule has 0 aromatic carbocycles. The van der Waals surface area contributed by atoms with Gasteiger partial charge in [0.1, 0.15) is 0 Å². The first-order valence-electron chi connectivity index (χ1n) is 5.78. The molecule has 0 spiro atoms. The Kier molecular flexibility index (Phi) is 8.07. The summed E-state index contributed by atoms with van der Waals surface area (Å²) in [6, 6.07) is -0.0615. The van der Waals surface area contributed by atoms with Crippen LogP contribution in [0.1, 0.15) is 20.3 Å². The molecule has 0 heterocycles. The van der Waals surface area contributed by atoms with Gasteiger partial charge in [0.25, 0.3) is 0 Å². The summed E-state index contributed by atoms with van der Waals surface area (Å²) in [6.45, 7) is 3.77. The minimum absolute atomic E-state index is 0.0585. The predicted molar refractivity (Wildman–Crippen MR) is 64.7 cm³/mol. The molecule has 0 aromatic heterocycles. The fraction of sp³-hybridized carbons (Fsp3) is 0.909. The van der Waals surface area contributed by atoms with Gasteiger partial charge in [-0.15, -0.1) is 0 Å². The van der Waals surface area contributed by atoms with Crippen molar-refractivity contribution in [3.8, 4) is 0 Å². The summed E-state index contributed by atoms with van der Waals surface area (Å²) >= 11 is 0. The largest absolute Gasteiger partial charge is 0.394 e. The zero-order valence-corrected chi connectivity index (χ0v) is 10.8. The number of carbonyl (C=O) groups is 1. The number of hydrogen-bond donors (Lipinski definition) is 4. The molecule has 0 saturated carbocycles. The van der Waals surface area contributed by atoms with Crippen LogP contribution in [0.15, 0.2) is 0 Å². The van der Waals surface area contributed by atoms with Gasteiger partial charge in [0.2, 0.25) is 5.91 Å². The van der Waals surface area contributed by atoms with Crippen LogP contribution in [0.25, 0.3) is 0 Å². The molecule has 17 heavy (non-hydrogen) atoms. The Balaban J connectivity index is 4.04. The van der Waals surface area contributed by atoms with Gasteiger partial charge >= 0.3 is 0 Å². The van der Waals surface area contributed by atoms with Gasteiger partial charge in [0.15, 0.2) is 0 Å². The van der Waals surface area contributed by atoms with E-state index in [-0.39, 0.29) is 31.7 Å². The first kappa shape index (κ1) is 16.3. The van der Waals surface area contributed by atoms with Gasteiger partial charge in [0.05, 0.1) is 31.9 Å². The zero-order valence-electron chi connectivity index (χ0n) is 10.8. The summed E-state index contributed by atoms with van der Waals surface area (Å²) in [6.07, 6.45) is 0.543. The molecule has 0 aliphatic carbocycles. The molecule has 0 aromatic rings. The summed E-state index contributed by atoms with van der Waals surface area (Å²) in [5, 5.41) is 24.0. The summed E-state index contributed by atoms with van der Waals surface area (Å²) < 4.78 is 4.90. The zero-order chi connectivity index (χ0) is 13.3. The maximum absolute atomic E-state index is 11.5. The number of aliphatic hydroxyl groups excluding tert-OH is 2. The van der Waals surface area contributed by atoms with Crippen molar-refractivity contribution < 1.29 is 19.7 Å². The number of hydrogen-bond acceptors (Lipinski definition) is 5. The topological polar surface area (TPSA) is 90.8 Å². The summed E-state index contributed by atoms with van der Waals surface area (Å²) in [4.78, 5) is 11.5. The van der Waals surface area contributed by atoms with E-state index in [1.54, 1.807) is 7.11 Å². The molecule has 0 fully saturated rings. The summed E-state index contributed by atoms with van der Waals surface area (Å²) in [5.41, 5.74) is -0.790. The van der Waals surface area contributed by atoms with Crippen LogP contribution < -0.4 is 10.6 Å². The molecule has 1 unspecified atom stereocenters. The molecule has 6 heteroatoms. The average Bonchev–Trinajstić information content (AvgIpc) is 2.32. The van der Waals surface area contributed by atoms with Crippen molar-refractivity contribution in [3.63, 3.8) is 0 Å². The normalized spacial score (nSPS) is 13.5. The Morgan fingerprint density at radius 2 is 2.00 bits per heavy atom. The standard InChI is InChI=1S/C11H24N2O4/c1-4-11(7-14,8-15)12-5-10(16)13-9(2)6-17-3/h9,12,14-15H,4-8H2,1-3H3,(H,13,16). The summed E-state index contributed by atoms with van der Waals surface area (Å²) in [5.74, 6) is -0.186. The number of rotatable bonds is 9. The smallest absolute Gasteiger partial charge is 0.234 e. The van der Waals surface area contributed by atoms with Crippen molar-refractivity contribution >= 4 is 5.91 Å². The van der Waals surface area contributed by atoms with E-state index in [0.29, 0.717) is 13.0 Å². The molecule has 4 N–H and O–H groups in total. The van der Waals surface area contributed by atoms with E-state index in [0.717, 1.165) is 0 Å². The molecule has 6 nitrogen and oxygen atoms in total. The van der Waals surface area contributed by atoms with Gasteiger partial charge < -0.3 is 20.3 Å². The maximum atomic E-state index is 11.5. The Morgan fingerprint density at radius 3 is 2.41 bits per heavy atom. The second-order valence-electron chi connectivity index (χ2n) is 4.23. The van der Waals surface area contributed by atoms with E-state index < -0.39 is 5.54 Å². The molecule has 0 radical (unpaired) electrons. The highest BCUT2D eigenvalue weighted by molar-refractivity contribution is 5.78.